The monoisotopic (exact) mass is 881 g/mol. The first-order chi connectivity index (χ1) is 26.6. The normalized spacial score (nSPS) is 20.9. The number of thiophene rings is 1. The Kier molecular flexibility index (Phi) is 18.2. The van der Waals surface area contributed by atoms with Crippen molar-refractivity contribution in [2.45, 2.75) is 193 Å². The van der Waals surface area contributed by atoms with Crippen molar-refractivity contribution in [1.82, 2.24) is 0 Å². The standard InChI is InChI=1S/C46H84O8SSi3/c1-43(2,3)56(10,11)52-37(41-28-34-22-20-21-24-40(34)55-41)27-26-36-35(23-18-16-17-19-25-42(50)51-33-46(30-47,31-48)32-49)38(53-57(12,13)44(4,5)6)29-39(36)54-58(14,15)45(7,8)9/h20-22,24,28,35-39,47-49H,16-19,23,25-27,29-33H2,1-15H3/t35-,36-,37-,38+,39-/m1/s1. The van der Waals surface area contributed by atoms with Gasteiger partial charge in [0.15, 0.2) is 25.0 Å². The maximum absolute atomic E-state index is 12.5. The van der Waals surface area contributed by atoms with Gasteiger partial charge in [0.05, 0.1) is 43.5 Å². The first-order valence-electron chi connectivity index (χ1n) is 22.1. The van der Waals surface area contributed by atoms with E-state index in [9.17, 15) is 20.1 Å². The fourth-order valence-corrected chi connectivity index (χ4v) is 12.5. The van der Waals surface area contributed by atoms with Crippen molar-refractivity contribution in [3.63, 3.8) is 0 Å². The average molecular weight is 881 g/mol. The lowest BCUT2D eigenvalue weighted by Crippen LogP contribution is -2.45. The molecule has 1 saturated carbocycles. The van der Waals surface area contributed by atoms with Crippen LogP contribution in [-0.4, -0.2) is 84.9 Å². The van der Waals surface area contributed by atoms with Crippen molar-refractivity contribution in [3.05, 3.63) is 35.2 Å². The molecular formula is C46H84O8SSi3. The average Bonchev–Trinajstić information content (AvgIpc) is 3.67. The van der Waals surface area contributed by atoms with Gasteiger partial charge in [-0.15, -0.1) is 11.3 Å². The Morgan fingerprint density at radius 2 is 1.22 bits per heavy atom. The highest BCUT2D eigenvalue weighted by atomic mass is 32.1. The molecular weight excluding hydrogens is 797 g/mol. The Hall–Kier alpha value is -0.939. The first kappa shape index (κ1) is 51.4. The zero-order valence-electron chi connectivity index (χ0n) is 39.3. The molecule has 1 fully saturated rings. The highest BCUT2D eigenvalue weighted by Gasteiger charge is 2.51. The van der Waals surface area contributed by atoms with Crippen LogP contribution in [0.1, 0.15) is 131 Å². The summed E-state index contributed by atoms with van der Waals surface area (Å²) in [5.41, 5.74) is -1.21. The van der Waals surface area contributed by atoms with E-state index < -0.39 is 50.2 Å². The van der Waals surface area contributed by atoms with Crippen LogP contribution in [0.25, 0.3) is 10.1 Å². The second-order valence-corrected chi connectivity index (χ2v) is 37.5. The molecule has 5 atom stereocenters. The molecule has 0 spiro atoms. The number of esters is 1. The predicted octanol–water partition coefficient (Wildman–Crippen LogP) is 12.0. The van der Waals surface area contributed by atoms with Gasteiger partial charge in [0.25, 0.3) is 0 Å². The van der Waals surface area contributed by atoms with Crippen molar-refractivity contribution in [1.29, 1.82) is 0 Å². The van der Waals surface area contributed by atoms with Gasteiger partial charge >= 0.3 is 5.97 Å². The molecule has 1 aromatic heterocycles. The quantitative estimate of drug-likeness (QED) is 0.0609. The molecule has 3 rings (SSSR count). The minimum absolute atomic E-state index is 0.0184. The van der Waals surface area contributed by atoms with Crippen LogP contribution in [0, 0.1) is 17.3 Å². The molecule has 0 aliphatic heterocycles. The summed E-state index contributed by atoms with van der Waals surface area (Å²) >= 11 is 1.88. The van der Waals surface area contributed by atoms with E-state index >= 15 is 0 Å². The van der Waals surface area contributed by atoms with E-state index in [1.54, 1.807) is 0 Å². The number of aliphatic hydroxyl groups is 3. The van der Waals surface area contributed by atoms with Gasteiger partial charge in [-0.25, -0.2) is 0 Å². The molecule has 0 radical (unpaired) electrons. The van der Waals surface area contributed by atoms with Crippen LogP contribution < -0.4 is 0 Å². The molecule has 0 amide bonds. The fraction of sp³-hybridized carbons (Fsp3) is 0.804. The number of rotatable bonds is 22. The molecule has 8 nitrogen and oxygen atoms in total. The van der Waals surface area contributed by atoms with Crippen LogP contribution in [0.5, 0.6) is 0 Å². The van der Waals surface area contributed by atoms with E-state index in [2.05, 4.69) is 132 Å². The van der Waals surface area contributed by atoms with Crippen LogP contribution >= 0.6 is 11.3 Å². The number of hydrogen-bond acceptors (Lipinski definition) is 9. The molecule has 0 bridgehead atoms. The topological polar surface area (TPSA) is 115 Å². The van der Waals surface area contributed by atoms with Gasteiger partial charge in [0, 0.05) is 16.0 Å². The summed E-state index contributed by atoms with van der Waals surface area (Å²) in [4.78, 5) is 13.8. The first-order valence-corrected chi connectivity index (χ1v) is 31.7. The van der Waals surface area contributed by atoms with Crippen LogP contribution in [0.3, 0.4) is 0 Å². The summed E-state index contributed by atoms with van der Waals surface area (Å²) < 4.78 is 28.9. The number of carbonyl (C=O) groups excluding carboxylic acids is 1. The Morgan fingerprint density at radius 1 is 0.724 bits per heavy atom. The zero-order chi connectivity index (χ0) is 44.0. The third kappa shape index (κ3) is 13.5. The van der Waals surface area contributed by atoms with E-state index in [1.165, 1.54) is 15.0 Å². The molecule has 58 heavy (non-hydrogen) atoms. The van der Waals surface area contributed by atoms with Gasteiger partial charge in [-0.1, -0.05) is 99.8 Å². The second kappa shape index (κ2) is 20.5. The number of unbranched alkanes of at least 4 members (excludes halogenated alkanes) is 3. The van der Waals surface area contributed by atoms with E-state index in [-0.39, 0.29) is 52.4 Å². The number of benzene rings is 1. The minimum Gasteiger partial charge on any atom is -0.465 e. The summed E-state index contributed by atoms with van der Waals surface area (Å²) in [7, 11) is -6.31. The molecule has 0 unspecified atom stereocenters. The van der Waals surface area contributed by atoms with Crippen molar-refractivity contribution in [3.8, 4) is 0 Å². The minimum atomic E-state index is -2.11. The summed E-state index contributed by atoms with van der Waals surface area (Å²) in [5, 5.41) is 30.3. The van der Waals surface area contributed by atoms with Crippen LogP contribution in [0.2, 0.25) is 54.4 Å². The van der Waals surface area contributed by atoms with Crippen molar-refractivity contribution < 1.29 is 38.1 Å². The van der Waals surface area contributed by atoms with E-state index in [0.717, 1.165) is 44.9 Å². The van der Waals surface area contributed by atoms with Gasteiger partial charge < -0.3 is 33.3 Å². The zero-order valence-corrected chi connectivity index (χ0v) is 43.1. The number of carbonyl (C=O) groups is 1. The Balaban J connectivity index is 1.91. The van der Waals surface area contributed by atoms with Crippen LogP contribution in [-0.2, 0) is 22.8 Å². The fourth-order valence-electron chi connectivity index (χ4n) is 7.20. The summed E-state index contributed by atoms with van der Waals surface area (Å²) in [6.45, 7) is 33.8. The SMILES string of the molecule is CC(C)(C)[Si](C)(C)O[C@H]1C[C@@H](O[Si](C)(C)C(C)(C)C)[C@H](CC[C@@H](O[Si](C)(C)C(C)(C)C)c2cc3ccccc3s2)[C@H]1CCCCCCC(=O)OCC(CO)(CO)CO. The van der Waals surface area contributed by atoms with E-state index in [1.807, 2.05) is 11.3 Å². The number of ether oxygens (including phenoxy) is 1. The van der Waals surface area contributed by atoms with Crippen molar-refractivity contribution in [2.75, 3.05) is 26.4 Å². The van der Waals surface area contributed by atoms with Gasteiger partial charge in [-0.05, 0) is 116 Å². The Bertz CT molecular complexity index is 1530. The Labute approximate surface area is 360 Å². The third-order valence-corrected chi connectivity index (χ3v) is 29.2. The lowest BCUT2D eigenvalue weighted by molar-refractivity contribution is -0.151. The highest BCUT2D eigenvalue weighted by molar-refractivity contribution is 7.19. The third-order valence-electron chi connectivity index (χ3n) is 14.5. The molecule has 0 saturated heterocycles. The molecule has 1 aromatic carbocycles. The van der Waals surface area contributed by atoms with E-state index in [0.29, 0.717) is 18.3 Å². The van der Waals surface area contributed by atoms with Gasteiger partial charge in [0.1, 0.15) is 6.61 Å². The molecule has 12 heteroatoms. The number of aliphatic hydroxyl groups excluding tert-OH is 3. The molecule has 1 heterocycles. The second-order valence-electron chi connectivity index (χ2n) is 22.1. The number of hydrogen-bond donors (Lipinski definition) is 3. The lowest BCUT2D eigenvalue weighted by Gasteiger charge is -2.41. The predicted molar refractivity (Wildman–Crippen MR) is 250 cm³/mol. The molecule has 2 aromatic rings. The summed E-state index contributed by atoms with van der Waals surface area (Å²) in [5.74, 6) is 0.328. The van der Waals surface area contributed by atoms with Gasteiger partial charge in [-0.3, -0.25) is 4.79 Å². The van der Waals surface area contributed by atoms with Gasteiger partial charge in [0.2, 0.25) is 0 Å². The molecule has 3 N–H and O–H groups in total. The summed E-state index contributed by atoms with van der Waals surface area (Å²) in [6, 6.07) is 11.1. The van der Waals surface area contributed by atoms with Crippen LogP contribution in [0.15, 0.2) is 30.3 Å². The molecule has 1 aliphatic rings. The van der Waals surface area contributed by atoms with Gasteiger partial charge in [-0.2, -0.15) is 0 Å². The largest absolute Gasteiger partial charge is 0.465 e. The molecule has 1 aliphatic carbocycles. The van der Waals surface area contributed by atoms with Crippen LogP contribution in [0.4, 0.5) is 0 Å². The van der Waals surface area contributed by atoms with E-state index in [4.69, 9.17) is 18.0 Å². The maximum Gasteiger partial charge on any atom is 0.305 e. The maximum atomic E-state index is 12.5. The Morgan fingerprint density at radius 3 is 1.72 bits per heavy atom. The number of fused-ring (bicyclic) bond motifs is 1. The lowest BCUT2D eigenvalue weighted by atomic mass is 9.84. The smallest absolute Gasteiger partial charge is 0.305 e. The summed E-state index contributed by atoms with van der Waals surface area (Å²) in [6.07, 6.45) is 8.13. The van der Waals surface area contributed by atoms with Crippen molar-refractivity contribution in [2.24, 2.45) is 17.3 Å². The van der Waals surface area contributed by atoms with Crippen molar-refractivity contribution >= 4 is 52.3 Å². The molecule has 334 valence electrons. The highest BCUT2D eigenvalue weighted by Crippen LogP contribution is 2.51.